The van der Waals surface area contributed by atoms with Crippen molar-refractivity contribution in [2.75, 3.05) is 32.8 Å². The molecule has 6 heteroatoms. The zero-order chi connectivity index (χ0) is 11.8. The average Bonchev–Trinajstić information content (AvgIpc) is 2.34. The molecule has 1 aliphatic rings. The Kier molecular flexibility index (Phi) is 6.32. The number of ether oxygens (including phenoxy) is 1. The van der Waals surface area contributed by atoms with Crippen LogP contribution in [-0.2, 0) is 9.53 Å². The molecule has 0 aliphatic carbocycles. The summed E-state index contributed by atoms with van der Waals surface area (Å²) in [6.45, 7) is 1.58. The van der Waals surface area contributed by atoms with Gasteiger partial charge in [-0.2, -0.15) is 0 Å². The molecule has 0 aromatic rings. The highest BCUT2D eigenvalue weighted by Gasteiger charge is 2.14. The van der Waals surface area contributed by atoms with Gasteiger partial charge in [0.1, 0.15) is 6.61 Å². The van der Waals surface area contributed by atoms with Gasteiger partial charge in [-0.3, -0.25) is 4.79 Å². The molecule has 4 N–H and O–H groups in total. The second-order valence-electron chi connectivity index (χ2n) is 3.90. The normalized spacial score (nSPS) is 19.4. The lowest BCUT2D eigenvalue weighted by Gasteiger charge is -2.22. The summed E-state index contributed by atoms with van der Waals surface area (Å²) in [6, 6.07) is 0. The molecular weight excluding hydrogens is 212 g/mol. The number of hydrogen-bond donors (Lipinski definition) is 4. The number of nitrogens with one attached hydrogen (secondary N) is 2. The number of piperidine rings is 1. The number of rotatable bonds is 6. The van der Waals surface area contributed by atoms with Crippen molar-refractivity contribution in [1.82, 2.24) is 10.6 Å². The Morgan fingerprint density at radius 1 is 1.50 bits per heavy atom. The van der Waals surface area contributed by atoms with E-state index in [1.165, 1.54) is 0 Å². The van der Waals surface area contributed by atoms with Crippen molar-refractivity contribution in [1.29, 1.82) is 0 Å². The monoisotopic (exact) mass is 232 g/mol. The van der Waals surface area contributed by atoms with Crippen molar-refractivity contribution in [2.24, 2.45) is 0 Å². The molecule has 1 unspecified atom stereocenters. The molecule has 6 nitrogen and oxygen atoms in total. The first-order chi connectivity index (χ1) is 7.72. The van der Waals surface area contributed by atoms with Crippen LogP contribution in [0.1, 0.15) is 12.8 Å². The van der Waals surface area contributed by atoms with Gasteiger partial charge in [0.05, 0.1) is 18.8 Å². The summed E-state index contributed by atoms with van der Waals surface area (Å²) in [5, 5.41) is 23.2. The van der Waals surface area contributed by atoms with Crippen molar-refractivity contribution in [3.05, 3.63) is 0 Å². The first-order valence-electron chi connectivity index (χ1n) is 5.60. The minimum Gasteiger partial charge on any atom is -0.394 e. The fourth-order valence-electron chi connectivity index (χ4n) is 1.50. The minimum absolute atomic E-state index is 0.0167. The molecule has 0 aromatic carbocycles. The number of aliphatic hydroxyl groups excluding tert-OH is 2. The van der Waals surface area contributed by atoms with Crippen LogP contribution in [0.5, 0.6) is 0 Å². The third-order valence-corrected chi connectivity index (χ3v) is 2.48. The van der Waals surface area contributed by atoms with Gasteiger partial charge in [0, 0.05) is 6.54 Å². The first kappa shape index (κ1) is 13.4. The van der Waals surface area contributed by atoms with E-state index in [-0.39, 0.29) is 31.8 Å². The van der Waals surface area contributed by atoms with E-state index in [0.717, 1.165) is 25.9 Å². The number of carbonyl (C=O) groups excluding carboxylic acids is 1. The molecule has 1 rings (SSSR count). The molecule has 1 aliphatic heterocycles. The SMILES string of the molecule is O=C(COC1CCNCC1)NCC(O)CO. The molecule has 0 aromatic heterocycles. The van der Waals surface area contributed by atoms with Gasteiger partial charge >= 0.3 is 0 Å². The van der Waals surface area contributed by atoms with E-state index in [4.69, 9.17) is 14.9 Å². The largest absolute Gasteiger partial charge is 0.394 e. The third-order valence-electron chi connectivity index (χ3n) is 2.48. The summed E-state index contributed by atoms with van der Waals surface area (Å²) in [4.78, 5) is 11.3. The van der Waals surface area contributed by atoms with Gasteiger partial charge in [0.15, 0.2) is 0 Å². The summed E-state index contributed by atoms with van der Waals surface area (Å²) in [5.74, 6) is -0.258. The molecule has 0 spiro atoms. The molecule has 16 heavy (non-hydrogen) atoms. The Morgan fingerprint density at radius 2 is 2.19 bits per heavy atom. The maximum Gasteiger partial charge on any atom is 0.246 e. The third kappa shape index (κ3) is 5.41. The van der Waals surface area contributed by atoms with Gasteiger partial charge in [-0.25, -0.2) is 0 Å². The molecule has 1 atom stereocenters. The maximum atomic E-state index is 11.3. The molecule has 0 bridgehead atoms. The fraction of sp³-hybridized carbons (Fsp3) is 0.900. The average molecular weight is 232 g/mol. The van der Waals surface area contributed by atoms with Crippen molar-refractivity contribution in [3.63, 3.8) is 0 Å². The lowest BCUT2D eigenvalue weighted by atomic mass is 10.1. The zero-order valence-electron chi connectivity index (χ0n) is 9.32. The molecule has 0 saturated carbocycles. The van der Waals surface area contributed by atoms with Gasteiger partial charge in [0.25, 0.3) is 0 Å². The van der Waals surface area contributed by atoms with Crippen LogP contribution in [0.4, 0.5) is 0 Å². The van der Waals surface area contributed by atoms with Crippen LogP contribution in [0.25, 0.3) is 0 Å². The van der Waals surface area contributed by atoms with Crippen LogP contribution >= 0.6 is 0 Å². The van der Waals surface area contributed by atoms with Gasteiger partial charge in [0.2, 0.25) is 5.91 Å². The topological polar surface area (TPSA) is 90.8 Å². The van der Waals surface area contributed by atoms with E-state index >= 15 is 0 Å². The number of hydrogen-bond acceptors (Lipinski definition) is 5. The highest BCUT2D eigenvalue weighted by atomic mass is 16.5. The molecule has 1 heterocycles. The Hall–Kier alpha value is -0.690. The molecule has 1 saturated heterocycles. The second kappa shape index (κ2) is 7.56. The summed E-state index contributed by atoms with van der Waals surface area (Å²) < 4.78 is 5.41. The smallest absolute Gasteiger partial charge is 0.246 e. The van der Waals surface area contributed by atoms with Crippen LogP contribution in [0.15, 0.2) is 0 Å². The number of carbonyl (C=O) groups is 1. The van der Waals surface area contributed by atoms with Gasteiger partial charge in [-0.05, 0) is 25.9 Å². The summed E-state index contributed by atoms with van der Waals surface area (Å²) in [5.41, 5.74) is 0. The Morgan fingerprint density at radius 3 is 2.81 bits per heavy atom. The van der Waals surface area contributed by atoms with E-state index in [9.17, 15) is 4.79 Å². The zero-order valence-corrected chi connectivity index (χ0v) is 9.32. The molecule has 1 fully saturated rings. The van der Waals surface area contributed by atoms with Crippen LogP contribution in [0.3, 0.4) is 0 Å². The van der Waals surface area contributed by atoms with Crippen molar-refractivity contribution in [2.45, 2.75) is 25.0 Å². The first-order valence-corrected chi connectivity index (χ1v) is 5.60. The summed E-state index contributed by atoms with van der Waals surface area (Å²) >= 11 is 0. The lowest BCUT2D eigenvalue weighted by molar-refractivity contribution is -0.128. The Labute approximate surface area is 95.0 Å². The van der Waals surface area contributed by atoms with Gasteiger partial charge in [-0.15, -0.1) is 0 Å². The van der Waals surface area contributed by atoms with Crippen LogP contribution in [0.2, 0.25) is 0 Å². The van der Waals surface area contributed by atoms with Gasteiger partial charge < -0.3 is 25.6 Å². The minimum atomic E-state index is -0.900. The predicted octanol–water partition coefficient (Wildman–Crippen LogP) is -1.78. The Bertz CT molecular complexity index is 207. The second-order valence-corrected chi connectivity index (χ2v) is 3.90. The molecule has 94 valence electrons. The van der Waals surface area contributed by atoms with Crippen LogP contribution in [0, 0.1) is 0 Å². The van der Waals surface area contributed by atoms with E-state index < -0.39 is 6.10 Å². The van der Waals surface area contributed by atoms with E-state index in [1.54, 1.807) is 0 Å². The van der Waals surface area contributed by atoms with Crippen LogP contribution < -0.4 is 10.6 Å². The number of aliphatic hydroxyl groups is 2. The molecule has 1 amide bonds. The number of amides is 1. The van der Waals surface area contributed by atoms with Crippen LogP contribution in [-0.4, -0.2) is 61.2 Å². The molecule has 0 radical (unpaired) electrons. The predicted molar refractivity (Wildman–Crippen MR) is 57.9 cm³/mol. The van der Waals surface area contributed by atoms with E-state index in [1.807, 2.05) is 0 Å². The Balaban J connectivity index is 2.05. The quantitative estimate of drug-likeness (QED) is 0.435. The maximum absolute atomic E-state index is 11.3. The van der Waals surface area contributed by atoms with Crippen molar-refractivity contribution >= 4 is 5.91 Å². The van der Waals surface area contributed by atoms with Gasteiger partial charge in [-0.1, -0.05) is 0 Å². The summed E-state index contributed by atoms with van der Waals surface area (Å²) in [6.07, 6.45) is 1.09. The standard InChI is InChI=1S/C10H20N2O4/c13-6-8(14)5-12-10(15)7-16-9-1-3-11-4-2-9/h8-9,11,13-14H,1-7H2,(H,12,15). The fourth-order valence-corrected chi connectivity index (χ4v) is 1.50. The van der Waals surface area contributed by atoms with Crippen molar-refractivity contribution < 1.29 is 19.7 Å². The highest BCUT2D eigenvalue weighted by Crippen LogP contribution is 2.06. The summed E-state index contributed by atoms with van der Waals surface area (Å²) in [7, 11) is 0. The highest BCUT2D eigenvalue weighted by molar-refractivity contribution is 5.77. The van der Waals surface area contributed by atoms with E-state index in [0.29, 0.717) is 0 Å². The van der Waals surface area contributed by atoms with Crippen molar-refractivity contribution in [3.8, 4) is 0 Å². The molecular formula is C10H20N2O4. The van der Waals surface area contributed by atoms with E-state index in [2.05, 4.69) is 10.6 Å². The lowest BCUT2D eigenvalue weighted by Crippen LogP contribution is -2.38.